The van der Waals surface area contributed by atoms with Crippen molar-refractivity contribution in [3.63, 3.8) is 0 Å². The number of hydrogen-bond donors (Lipinski definition) is 2. The van der Waals surface area contributed by atoms with Crippen LogP contribution in [0.5, 0.6) is 0 Å². The normalized spacial score (nSPS) is 18.5. The monoisotopic (exact) mass is 309 g/mol. The molecule has 0 aromatic carbocycles. The van der Waals surface area contributed by atoms with Gasteiger partial charge < -0.3 is 16.4 Å². The van der Waals surface area contributed by atoms with E-state index in [4.69, 9.17) is 11.5 Å². The third-order valence-corrected chi connectivity index (χ3v) is 4.34. The van der Waals surface area contributed by atoms with Crippen molar-refractivity contribution < 1.29 is 0 Å². The minimum Gasteiger partial charge on any atom is -0.382 e. The van der Waals surface area contributed by atoms with Gasteiger partial charge in [-0.1, -0.05) is 0 Å². The molecule has 1 saturated heterocycles. The topological polar surface area (TPSA) is 98.4 Å². The van der Waals surface area contributed by atoms with Gasteiger partial charge in [0.15, 0.2) is 5.82 Å². The van der Waals surface area contributed by atoms with Gasteiger partial charge in [-0.3, -0.25) is 4.98 Å². The lowest BCUT2D eigenvalue weighted by molar-refractivity contribution is 0.507. The second-order valence-electron chi connectivity index (χ2n) is 5.90. The number of fused-ring (bicyclic) bond motifs is 1. The number of aromatic nitrogens is 4. The number of nitrogen functional groups attached to an aromatic ring is 1. The van der Waals surface area contributed by atoms with E-state index in [1.54, 1.807) is 12.4 Å². The molecule has 23 heavy (non-hydrogen) atoms. The van der Waals surface area contributed by atoms with Gasteiger partial charge in [0, 0.05) is 37.1 Å². The predicted octanol–water partition coefficient (Wildman–Crippen LogP) is 1.30. The van der Waals surface area contributed by atoms with Crippen molar-refractivity contribution in [1.29, 1.82) is 0 Å². The zero-order chi connectivity index (χ0) is 15.8. The summed E-state index contributed by atoms with van der Waals surface area (Å²) in [7, 11) is 0. The molecule has 7 nitrogen and oxygen atoms in total. The maximum Gasteiger partial charge on any atom is 0.153 e. The lowest BCUT2D eigenvalue weighted by Crippen LogP contribution is -2.42. The van der Waals surface area contributed by atoms with E-state index in [-0.39, 0.29) is 6.04 Å². The number of anilines is 2. The zero-order valence-corrected chi connectivity index (χ0v) is 12.8. The molecule has 0 aliphatic carbocycles. The van der Waals surface area contributed by atoms with E-state index in [9.17, 15) is 0 Å². The van der Waals surface area contributed by atoms with Gasteiger partial charge in [-0.15, -0.1) is 0 Å². The Morgan fingerprint density at radius 2 is 2.04 bits per heavy atom. The molecule has 4 rings (SSSR count). The largest absolute Gasteiger partial charge is 0.382 e. The first-order chi connectivity index (χ1) is 11.2. The molecular weight excluding hydrogens is 290 g/mol. The van der Waals surface area contributed by atoms with Crippen molar-refractivity contribution in [1.82, 2.24) is 19.6 Å². The van der Waals surface area contributed by atoms with Crippen molar-refractivity contribution >= 4 is 17.0 Å². The van der Waals surface area contributed by atoms with Gasteiger partial charge in [-0.05, 0) is 31.0 Å². The van der Waals surface area contributed by atoms with Gasteiger partial charge in [0.25, 0.3) is 0 Å². The van der Waals surface area contributed by atoms with Gasteiger partial charge >= 0.3 is 0 Å². The quantitative estimate of drug-likeness (QED) is 0.740. The summed E-state index contributed by atoms with van der Waals surface area (Å²) in [6.45, 7) is 1.79. The predicted molar refractivity (Wildman–Crippen MR) is 90.1 cm³/mol. The van der Waals surface area contributed by atoms with E-state index in [0.29, 0.717) is 5.82 Å². The zero-order valence-electron chi connectivity index (χ0n) is 12.8. The summed E-state index contributed by atoms with van der Waals surface area (Å²) in [4.78, 5) is 10.5. The molecule has 0 spiro atoms. The van der Waals surface area contributed by atoms with Crippen LogP contribution in [0, 0.1) is 0 Å². The van der Waals surface area contributed by atoms with E-state index >= 15 is 0 Å². The number of rotatable bonds is 2. The van der Waals surface area contributed by atoms with Crippen LogP contribution in [0.25, 0.3) is 16.8 Å². The Morgan fingerprint density at radius 3 is 2.83 bits per heavy atom. The summed E-state index contributed by atoms with van der Waals surface area (Å²) in [5.41, 5.74) is 16.2. The van der Waals surface area contributed by atoms with E-state index in [1.165, 1.54) is 6.33 Å². The smallest absolute Gasteiger partial charge is 0.153 e. The van der Waals surface area contributed by atoms with Crippen LogP contribution in [0.15, 0.2) is 36.9 Å². The maximum atomic E-state index is 6.15. The minimum atomic E-state index is 0.189. The Labute approximate surface area is 133 Å². The minimum absolute atomic E-state index is 0.189. The highest BCUT2D eigenvalue weighted by Crippen LogP contribution is 2.34. The highest BCUT2D eigenvalue weighted by Gasteiger charge is 2.23. The van der Waals surface area contributed by atoms with Crippen LogP contribution in [-0.4, -0.2) is 38.7 Å². The average Bonchev–Trinajstić information content (AvgIpc) is 2.97. The van der Waals surface area contributed by atoms with Gasteiger partial charge in [0.05, 0.1) is 11.4 Å². The van der Waals surface area contributed by atoms with Crippen LogP contribution >= 0.6 is 0 Å². The Bertz CT molecular complexity index is 827. The lowest BCUT2D eigenvalue weighted by Gasteiger charge is -2.32. The number of nitrogens with two attached hydrogens (primary N) is 2. The van der Waals surface area contributed by atoms with Crippen LogP contribution in [0.1, 0.15) is 12.8 Å². The van der Waals surface area contributed by atoms with E-state index in [2.05, 4.69) is 26.0 Å². The Morgan fingerprint density at radius 1 is 1.22 bits per heavy atom. The number of hydrogen-bond acceptors (Lipinski definition) is 6. The summed E-state index contributed by atoms with van der Waals surface area (Å²) in [6.07, 6.45) is 7.17. The van der Waals surface area contributed by atoms with Gasteiger partial charge in [0.2, 0.25) is 0 Å². The second-order valence-corrected chi connectivity index (χ2v) is 5.90. The molecule has 1 aliphatic rings. The van der Waals surface area contributed by atoms with Crippen molar-refractivity contribution in [2.24, 2.45) is 5.73 Å². The van der Waals surface area contributed by atoms with Crippen LogP contribution < -0.4 is 16.4 Å². The fourth-order valence-corrected chi connectivity index (χ4v) is 3.25. The molecule has 1 atom stereocenters. The first kappa shape index (κ1) is 14.0. The Kier molecular flexibility index (Phi) is 3.34. The highest BCUT2D eigenvalue weighted by atomic mass is 15.3. The molecule has 0 radical (unpaired) electrons. The summed E-state index contributed by atoms with van der Waals surface area (Å²) >= 11 is 0. The fourth-order valence-electron chi connectivity index (χ4n) is 3.25. The summed E-state index contributed by atoms with van der Waals surface area (Å²) < 4.78 is 1.85. The molecule has 0 amide bonds. The molecule has 3 aromatic rings. The van der Waals surface area contributed by atoms with Gasteiger partial charge in [-0.25, -0.2) is 9.50 Å². The molecule has 0 saturated carbocycles. The highest BCUT2D eigenvalue weighted by molar-refractivity contribution is 5.88. The molecule has 0 unspecified atom stereocenters. The summed E-state index contributed by atoms with van der Waals surface area (Å²) in [5.74, 6) is 0.481. The number of nitrogens with zero attached hydrogens (tertiary/aromatic N) is 5. The molecular formula is C16H19N7. The molecule has 1 aliphatic heterocycles. The number of piperidine rings is 1. The fraction of sp³-hybridized carbons (Fsp3) is 0.312. The van der Waals surface area contributed by atoms with Crippen LogP contribution in [0.4, 0.5) is 11.5 Å². The second kappa shape index (κ2) is 5.51. The summed E-state index contributed by atoms with van der Waals surface area (Å²) in [5, 5.41) is 4.40. The maximum absolute atomic E-state index is 6.15. The van der Waals surface area contributed by atoms with Gasteiger partial charge in [-0.2, -0.15) is 5.10 Å². The number of pyridine rings is 1. The third-order valence-electron chi connectivity index (χ3n) is 4.34. The van der Waals surface area contributed by atoms with Crippen LogP contribution in [-0.2, 0) is 0 Å². The average molecular weight is 309 g/mol. The van der Waals surface area contributed by atoms with Gasteiger partial charge in [0.1, 0.15) is 11.8 Å². The first-order valence-corrected chi connectivity index (χ1v) is 7.77. The van der Waals surface area contributed by atoms with Crippen molar-refractivity contribution in [3.05, 3.63) is 36.9 Å². The molecule has 118 valence electrons. The Hall–Kier alpha value is -2.67. The lowest BCUT2D eigenvalue weighted by atomic mass is 10.1. The Balaban J connectivity index is 1.91. The van der Waals surface area contributed by atoms with Crippen LogP contribution in [0.2, 0.25) is 0 Å². The molecule has 4 N–H and O–H groups in total. The summed E-state index contributed by atoms with van der Waals surface area (Å²) in [6, 6.07) is 6.24. The molecule has 7 heteroatoms. The molecule has 0 bridgehead atoms. The molecule has 4 heterocycles. The SMILES string of the molecule is Nc1ncnn2c(-c3ccncc3)cc(N3CCC[C@@H](N)C3)c12. The van der Waals surface area contributed by atoms with Crippen molar-refractivity contribution in [2.45, 2.75) is 18.9 Å². The van der Waals surface area contributed by atoms with Crippen LogP contribution in [0.3, 0.4) is 0 Å². The van der Waals surface area contributed by atoms with E-state index in [0.717, 1.165) is 48.4 Å². The van der Waals surface area contributed by atoms with E-state index < -0.39 is 0 Å². The standard InChI is InChI=1S/C16H19N7/c17-12-2-1-7-22(9-12)14-8-13(11-3-5-19-6-4-11)23-15(14)16(18)20-10-21-23/h3-6,8,10,12H,1-2,7,9,17H2,(H2,18,20,21)/t12-/m1/s1. The first-order valence-electron chi connectivity index (χ1n) is 7.77. The third kappa shape index (κ3) is 2.39. The molecule has 3 aromatic heterocycles. The molecule has 1 fully saturated rings. The van der Waals surface area contributed by atoms with Crippen molar-refractivity contribution in [3.8, 4) is 11.3 Å². The van der Waals surface area contributed by atoms with E-state index in [1.807, 2.05) is 16.6 Å². The van der Waals surface area contributed by atoms with Crippen molar-refractivity contribution in [2.75, 3.05) is 23.7 Å².